The van der Waals surface area contributed by atoms with E-state index in [-0.39, 0.29) is 23.5 Å². The van der Waals surface area contributed by atoms with Crippen LogP contribution in [0.3, 0.4) is 0 Å². The Morgan fingerprint density at radius 3 is 2.62 bits per heavy atom. The van der Waals surface area contributed by atoms with Gasteiger partial charge in [0.05, 0.1) is 29.1 Å². The molecular weight excluding hydrogens is 514 g/mol. The van der Waals surface area contributed by atoms with Crippen molar-refractivity contribution in [2.45, 2.75) is 25.4 Å². The first-order valence-electron chi connectivity index (χ1n) is 11.9. The summed E-state index contributed by atoms with van der Waals surface area (Å²) in [5, 5.41) is 9.96. The highest BCUT2D eigenvalue weighted by molar-refractivity contribution is 7.08. The Morgan fingerprint density at radius 2 is 1.92 bits per heavy atom. The number of rotatable bonds is 9. The quantitative estimate of drug-likeness (QED) is 0.326. The Morgan fingerprint density at radius 1 is 1.14 bits per heavy atom. The van der Waals surface area contributed by atoms with Crippen LogP contribution >= 0.6 is 22.9 Å². The number of halogens is 1. The topological polar surface area (TPSA) is 97.0 Å². The highest BCUT2D eigenvalue weighted by atomic mass is 35.5. The number of methoxy groups -OCH3 is 1. The van der Waals surface area contributed by atoms with Gasteiger partial charge in [0.2, 0.25) is 5.91 Å². The van der Waals surface area contributed by atoms with E-state index in [0.717, 1.165) is 24.2 Å². The van der Waals surface area contributed by atoms with Crippen molar-refractivity contribution in [2.24, 2.45) is 0 Å². The summed E-state index contributed by atoms with van der Waals surface area (Å²) in [6, 6.07) is 12.7. The number of likely N-dealkylation sites (tertiary alicyclic amines) is 1. The molecular formula is C27H28ClN3O5S. The van der Waals surface area contributed by atoms with Gasteiger partial charge in [0.1, 0.15) is 11.9 Å². The number of amides is 2. The predicted octanol–water partition coefficient (Wildman–Crippen LogP) is 5.93. The van der Waals surface area contributed by atoms with Gasteiger partial charge in [-0.2, -0.15) is 11.3 Å². The average molecular weight is 542 g/mol. The maximum Gasteiger partial charge on any atom is 0.411 e. The van der Waals surface area contributed by atoms with Crippen LogP contribution in [-0.4, -0.2) is 56.0 Å². The predicted molar refractivity (Wildman–Crippen MR) is 146 cm³/mol. The van der Waals surface area contributed by atoms with E-state index in [1.54, 1.807) is 11.3 Å². The summed E-state index contributed by atoms with van der Waals surface area (Å²) in [4.78, 5) is 38.3. The number of carbonyl (C=O) groups excluding carboxylic acids is 3. The van der Waals surface area contributed by atoms with Crippen LogP contribution in [-0.2, 0) is 9.53 Å². The molecule has 2 N–H and O–H groups in total. The molecule has 0 radical (unpaired) electrons. The second kappa shape index (κ2) is 12.7. The van der Waals surface area contributed by atoms with E-state index in [0.29, 0.717) is 48.4 Å². The summed E-state index contributed by atoms with van der Waals surface area (Å²) in [5.74, 6) is 0.153. The molecule has 2 heterocycles. The lowest BCUT2D eigenvalue weighted by Gasteiger charge is -2.31. The molecule has 4 rings (SSSR count). The van der Waals surface area contributed by atoms with Crippen LogP contribution in [0.4, 0.5) is 16.2 Å². The molecule has 0 atom stereocenters. The zero-order valence-corrected chi connectivity index (χ0v) is 21.9. The van der Waals surface area contributed by atoms with Gasteiger partial charge in [0.15, 0.2) is 6.29 Å². The maximum atomic E-state index is 12.5. The molecule has 37 heavy (non-hydrogen) atoms. The lowest BCUT2D eigenvalue weighted by atomic mass is 10.1. The highest BCUT2D eigenvalue weighted by Crippen LogP contribution is 2.31. The number of hydrogen-bond donors (Lipinski definition) is 2. The van der Waals surface area contributed by atoms with Crippen molar-refractivity contribution in [2.75, 3.05) is 37.4 Å². The fourth-order valence-corrected chi connectivity index (χ4v) is 5.08. The number of nitrogens with one attached hydrogen (secondary N) is 2. The minimum atomic E-state index is -0.464. The first-order chi connectivity index (χ1) is 18.0. The third-order valence-electron chi connectivity index (χ3n) is 6.18. The van der Waals surface area contributed by atoms with Crippen LogP contribution in [0.25, 0.3) is 11.1 Å². The summed E-state index contributed by atoms with van der Waals surface area (Å²) in [7, 11) is 1.45. The number of benzene rings is 2. The van der Waals surface area contributed by atoms with Crippen molar-refractivity contribution < 1.29 is 23.9 Å². The molecule has 1 saturated heterocycles. The van der Waals surface area contributed by atoms with Gasteiger partial charge in [-0.15, -0.1) is 0 Å². The Labute approximate surface area is 224 Å². The van der Waals surface area contributed by atoms with E-state index in [1.165, 1.54) is 19.2 Å². The van der Waals surface area contributed by atoms with Crippen LogP contribution in [0, 0.1) is 0 Å². The molecule has 1 fully saturated rings. The lowest BCUT2D eigenvalue weighted by Crippen LogP contribution is -2.39. The molecule has 0 bridgehead atoms. The molecule has 3 aromatic rings. The van der Waals surface area contributed by atoms with E-state index < -0.39 is 6.09 Å². The number of hydrogen-bond acceptors (Lipinski definition) is 7. The van der Waals surface area contributed by atoms with Crippen molar-refractivity contribution >= 4 is 52.6 Å². The molecule has 8 nitrogen and oxygen atoms in total. The van der Waals surface area contributed by atoms with Gasteiger partial charge in [0.25, 0.3) is 0 Å². The number of thiophene rings is 1. The van der Waals surface area contributed by atoms with Gasteiger partial charge in [-0.05, 0) is 47.4 Å². The fourth-order valence-electron chi connectivity index (χ4n) is 4.21. The van der Waals surface area contributed by atoms with Gasteiger partial charge in [-0.1, -0.05) is 29.8 Å². The standard InChI is InChI=1S/C27H28ClN3O5S/c1-35-25-15-24(22(28)14-19(25)16-32)29-26(33)8-12-31-10-6-20(7-11-31)36-27(34)30-23-5-3-2-4-21(23)18-9-13-37-17-18/h2-5,9,13-17,20H,6-8,10-12H2,1H3,(H,29,33)(H,30,34). The molecule has 0 saturated carbocycles. The SMILES string of the molecule is COc1cc(NC(=O)CCN2CCC(OC(=O)Nc3ccccc3-c3ccsc3)CC2)c(Cl)cc1C=O. The summed E-state index contributed by atoms with van der Waals surface area (Å²) in [5.41, 5.74) is 3.43. The van der Waals surface area contributed by atoms with Crippen molar-refractivity contribution in [3.8, 4) is 16.9 Å². The number of nitrogens with zero attached hydrogens (tertiary/aromatic N) is 1. The normalized spacial score (nSPS) is 14.1. The molecule has 2 amide bonds. The van der Waals surface area contributed by atoms with Crippen LogP contribution in [0.5, 0.6) is 5.75 Å². The third-order valence-corrected chi connectivity index (χ3v) is 7.18. The molecule has 0 unspecified atom stereocenters. The van der Waals surface area contributed by atoms with Gasteiger partial charge >= 0.3 is 6.09 Å². The smallest absolute Gasteiger partial charge is 0.411 e. The van der Waals surface area contributed by atoms with Gasteiger partial charge in [-0.25, -0.2) is 4.79 Å². The zero-order chi connectivity index (χ0) is 26.2. The number of piperidine rings is 1. The summed E-state index contributed by atoms with van der Waals surface area (Å²) in [6.45, 7) is 2.01. The van der Waals surface area contributed by atoms with Gasteiger partial charge < -0.3 is 19.7 Å². The van der Waals surface area contributed by atoms with Crippen LogP contribution in [0.2, 0.25) is 5.02 Å². The largest absolute Gasteiger partial charge is 0.496 e. The van der Waals surface area contributed by atoms with Crippen molar-refractivity contribution in [3.05, 3.63) is 63.8 Å². The van der Waals surface area contributed by atoms with E-state index in [9.17, 15) is 14.4 Å². The van der Waals surface area contributed by atoms with Crippen molar-refractivity contribution in [1.29, 1.82) is 0 Å². The van der Waals surface area contributed by atoms with Gasteiger partial charge in [-0.3, -0.25) is 14.9 Å². The minimum Gasteiger partial charge on any atom is -0.496 e. The van der Waals surface area contributed by atoms with Gasteiger partial charge in [0, 0.05) is 37.7 Å². The maximum absolute atomic E-state index is 12.5. The summed E-state index contributed by atoms with van der Waals surface area (Å²) in [6.07, 6.45) is 1.67. The summed E-state index contributed by atoms with van der Waals surface area (Å²) >= 11 is 7.79. The van der Waals surface area contributed by atoms with E-state index in [4.69, 9.17) is 21.1 Å². The highest BCUT2D eigenvalue weighted by Gasteiger charge is 2.23. The van der Waals surface area contributed by atoms with E-state index in [1.807, 2.05) is 41.1 Å². The molecule has 10 heteroatoms. The number of para-hydroxylation sites is 1. The Hall–Kier alpha value is -3.40. The lowest BCUT2D eigenvalue weighted by molar-refractivity contribution is -0.116. The Bertz CT molecular complexity index is 1240. The molecule has 1 aromatic heterocycles. The first kappa shape index (κ1) is 26.7. The van der Waals surface area contributed by atoms with Crippen molar-refractivity contribution in [3.63, 3.8) is 0 Å². The molecule has 194 valence electrons. The number of anilines is 2. The molecule has 1 aliphatic heterocycles. The average Bonchev–Trinajstić information content (AvgIpc) is 3.44. The molecule has 0 spiro atoms. The zero-order valence-electron chi connectivity index (χ0n) is 20.4. The molecule has 2 aromatic carbocycles. The second-order valence-corrected chi connectivity index (χ2v) is 9.81. The van der Waals surface area contributed by atoms with Crippen LogP contribution in [0.1, 0.15) is 29.6 Å². The van der Waals surface area contributed by atoms with Crippen LogP contribution < -0.4 is 15.4 Å². The second-order valence-electron chi connectivity index (χ2n) is 8.62. The van der Waals surface area contributed by atoms with Crippen molar-refractivity contribution in [1.82, 2.24) is 4.90 Å². The monoisotopic (exact) mass is 541 g/mol. The fraction of sp³-hybridized carbons (Fsp3) is 0.296. The summed E-state index contributed by atoms with van der Waals surface area (Å²) < 4.78 is 10.8. The van der Waals surface area contributed by atoms with E-state index in [2.05, 4.69) is 15.5 Å². The number of aldehydes is 1. The minimum absolute atomic E-state index is 0.180. The number of ether oxygens (including phenoxy) is 2. The molecule has 1 aliphatic rings. The Balaban J connectivity index is 1.21. The Kier molecular flexibility index (Phi) is 9.16. The number of carbonyl (C=O) groups is 3. The van der Waals surface area contributed by atoms with Crippen LogP contribution in [0.15, 0.2) is 53.2 Å². The van der Waals surface area contributed by atoms with E-state index >= 15 is 0 Å². The third kappa shape index (κ3) is 7.09. The molecule has 0 aliphatic carbocycles. The first-order valence-corrected chi connectivity index (χ1v) is 13.2.